The van der Waals surface area contributed by atoms with Gasteiger partial charge in [-0.15, -0.1) is 0 Å². The monoisotopic (exact) mass is 1190 g/mol. The summed E-state index contributed by atoms with van der Waals surface area (Å²) in [6.07, 6.45) is -2.16. The summed E-state index contributed by atoms with van der Waals surface area (Å²) in [6, 6.07) is -14.6. The van der Waals surface area contributed by atoms with E-state index in [1.807, 2.05) is 21.1 Å². The summed E-state index contributed by atoms with van der Waals surface area (Å²) >= 11 is 0. The molecule has 0 aliphatic carbocycles. The smallest absolute Gasteiger partial charge is 0.338 e. The molecule has 0 fully saturated rings. The van der Waals surface area contributed by atoms with E-state index < -0.39 is 157 Å². The van der Waals surface area contributed by atoms with Crippen LogP contribution in [0.5, 0.6) is 0 Å². The van der Waals surface area contributed by atoms with Gasteiger partial charge in [0, 0.05) is 6.42 Å². The van der Waals surface area contributed by atoms with Gasteiger partial charge >= 0.3 is 17.9 Å². The van der Waals surface area contributed by atoms with Crippen LogP contribution in [0.15, 0.2) is 0 Å². The van der Waals surface area contributed by atoms with E-state index in [-0.39, 0.29) is 63.5 Å². The number of hydrogen-bond donors (Lipinski definition) is 22. The number of hydrogen-bond acceptors (Lipinski definition) is 14. The Bertz CT molecular complexity index is 2200. The van der Waals surface area contributed by atoms with Crippen LogP contribution in [0, 0.1) is 0 Å². The van der Waals surface area contributed by atoms with E-state index >= 15 is 0 Å². The number of carbonyl (C=O) groups is 11. The van der Waals surface area contributed by atoms with E-state index in [2.05, 4.69) is 69.3 Å². The van der Waals surface area contributed by atoms with Crippen molar-refractivity contribution in [2.45, 2.75) is 177 Å². The molecular formula is C49H98N19O15+5. The number of guanidine groups is 2. The normalized spacial score (nSPS) is 15.6. The van der Waals surface area contributed by atoms with E-state index in [1.165, 1.54) is 20.8 Å². The van der Waals surface area contributed by atoms with Gasteiger partial charge < -0.3 is 90.0 Å². The lowest BCUT2D eigenvalue weighted by Gasteiger charge is -2.29. The molecule has 0 saturated carbocycles. The lowest BCUT2D eigenvalue weighted by atomic mass is 10.0. The van der Waals surface area contributed by atoms with Gasteiger partial charge in [0.25, 0.3) is 5.91 Å². The first-order chi connectivity index (χ1) is 38.6. The molecule has 0 radical (unpaired) electrons. The van der Waals surface area contributed by atoms with E-state index in [4.69, 9.17) is 28.7 Å². The van der Waals surface area contributed by atoms with Crippen LogP contribution < -0.4 is 98.0 Å². The quantitative estimate of drug-likeness (QED) is 0.0117. The third-order valence-electron chi connectivity index (χ3n) is 12.5. The maximum absolute atomic E-state index is 14.3. The van der Waals surface area contributed by atoms with Crippen LogP contribution in [0.2, 0.25) is 0 Å². The van der Waals surface area contributed by atoms with Gasteiger partial charge in [0.15, 0.2) is 6.04 Å². The topological polar surface area (TPSA) is 590 Å². The molecule has 10 amide bonds. The third-order valence-corrected chi connectivity index (χ3v) is 12.5. The predicted molar refractivity (Wildman–Crippen MR) is 297 cm³/mol. The number of aliphatic hydroxyl groups is 3. The van der Waals surface area contributed by atoms with Gasteiger partial charge in [0.2, 0.25) is 53.2 Å². The number of aliphatic carboxylic acids is 1. The standard InChI is InChI=1S/C49H93N19O15/c1-25(51)38(73)60-32(17-13-22-58-49(55)56)43(78)67-37(28(4)71)46(81)64-30(15-9-11-23-68(5,6)7)40(75)63-33(18-19-35(52)72)44(79)66-36(27(3)70)45(80)59-26(2)39(74)61-31(16-12-21-57-48(53)54)41(76)62-29(14-8-10-20-50)42(77)65-34(24-69)47(82)83/h25-34,36-37,69-71H,8-24,50-51H2,1-7H3,(H19-,52,53,54,55,56,57,58,59,60,61,62,63,64,65,66,67,72,73,74,75,76,77,78,79,80,81,82,83)/p+5/t25-,26-,27+,28+,29-,30-,31-,32-,33-,34-,36-,37-/m0/s1. The predicted octanol–water partition coefficient (Wildman–Crippen LogP) is -14.3. The molecule has 0 aliphatic rings. The van der Waals surface area contributed by atoms with Crippen molar-refractivity contribution in [1.29, 1.82) is 0 Å². The minimum atomic E-state index is -1.85. The molecule has 0 aliphatic heterocycles. The Kier molecular flexibility index (Phi) is 35.5. The maximum Gasteiger partial charge on any atom is 0.338 e. The molecule has 0 unspecified atom stereocenters. The molecule has 0 spiro atoms. The summed E-state index contributed by atoms with van der Waals surface area (Å²) < 4.78 is 0.543. The highest BCUT2D eigenvalue weighted by Crippen LogP contribution is 2.11. The second kappa shape index (κ2) is 39.0. The van der Waals surface area contributed by atoms with Gasteiger partial charge in [0.1, 0.15) is 54.4 Å². The fraction of sp³-hybridized carbons (Fsp3) is 0.735. The Balaban J connectivity index is 6.80. The summed E-state index contributed by atoms with van der Waals surface area (Å²) in [6.45, 7) is 5.53. The third kappa shape index (κ3) is 32.0. The lowest BCUT2D eigenvalue weighted by Crippen LogP contribution is -2.78. The van der Waals surface area contributed by atoms with Crippen molar-refractivity contribution in [1.82, 2.24) is 47.9 Å². The van der Waals surface area contributed by atoms with Crippen LogP contribution >= 0.6 is 0 Å². The average molecular weight is 1190 g/mol. The number of nitrogens with one attached hydrogen (secondary N) is 11. The number of unbranched alkanes of at least 4 members (excludes halogenated alkanes) is 2. The zero-order valence-electron chi connectivity index (χ0n) is 49.0. The van der Waals surface area contributed by atoms with Gasteiger partial charge in [-0.25, -0.2) is 4.79 Å². The maximum atomic E-state index is 14.3. The number of nitrogens with two attached hydrogens (primary N) is 5. The zero-order valence-corrected chi connectivity index (χ0v) is 49.0. The van der Waals surface area contributed by atoms with Crippen LogP contribution in [-0.4, -0.2) is 228 Å². The van der Waals surface area contributed by atoms with E-state index in [0.29, 0.717) is 43.3 Å². The molecule has 12 atom stereocenters. The highest BCUT2D eigenvalue weighted by atomic mass is 16.4. The van der Waals surface area contributed by atoms with Gasteiger partial charge in [-0.05, 0) is 98.3 Å². The first kappa shape index (κ1) is 75.5. The van der Waals surface area contributed by atoms with Crippen LogP contribution in [-0.2, 0) is 52.7 Å². The molecule has 83 heavy (non-hydrogen) atoms. The fourth-order valence-electron chi connectivity index (χ4n) is 7.73. The van der Waals surface area contributed by atoms with Crippen molar-refractivity contribution in [3.8, 4) is 0 Å². The SMILES string of the molecule is C[C@H]([NH3+])C(=O)N[C@@H](CCC[NH+]=C(N)N)C(=O)N[C@H](C(=O)N[C@@H](CCCC[N+](C)(C)C)C(=O)N[C@@H](CCC(N)=O)C(=O)N[C@H](C(=O)N[C@@H](C)C(=O)N[C@@H](CCC[NH+]=C(N)N)C(=O)N[C@@H](CCCC[NH3+])C(=O)N[C@@H](CO)C(=O)O)[C@@H](C)O)[C@@H](C)O. The minimum absolute atomic E-state index is 0.0191. The van der Waals surface area contributed by atoms with E-state index in [1.54, 1.807) is 0 Å². The Hall–Kier alpha value is -7.53. The molecule has 0 rings (SSSR count). The van der Waals surface area contributed by atoms with Crippen LogP contribution in [0.25, 0.3) is 0 Å². The number of quaternary nitrogens is 3. The van der Waals surface area contributed by atoms with E-state index in [9.17, 15) is 73.2 Å². The van der Waals surface area contributed by atoms with Crippen molar-refractivity contribution in [3.05, 3.63) is 0 Å². The molecule has 31 N–H and O–H groups in total. The van der Waals surface area contributed by atoms with Crippen LogP contribution in [0.4, 0.5) is 0 Å². The number of nitrogens with zero attached hydrogens (tertiary/aromatic N) is 1. The molecule has 0 heterocycles. The van der Waals surface area contributed by atoms with Gasteiger partial charge in [0.05, 0.1) is 66.1 Å². The highest BCUT2D eigenvalue weighted by molar-refractivity contribution is 5.98. The lowest BCUT2D eigenvalue weighted by molar-refractivity contribution is -0.870. The molecular weight excluding hydrogens is 1090 g/mol. The summed E-state index contributed by atoms with van der Waals surface area (Å²) in [5.41, 5.74) is 34.7. The number of carboxylic acid groups (broad SMARTS) is 1. The second-order valence-corrected chi connectivity index (χ2v) is 21.4. The Morgan fingerprint density at radius 1 is 0.470 bits per heavy atom. The summed E-state index contributed by atoms with van der Waals surface area (Å²) in [7, 11) is 5.81. The van der Waals surface area contributed by atoms with Crippen molar-refractivity contribution in [2.75, 3.05) is 53.9 Å². The molecule has 0 aromatic heterocycles. The zero-order chi connectivity index (χ0) is 63.7. The number of rotatable bonds is 42. The molecule has 474 valence electrons. The van der Waals surface area contributed by atoms with Crippen molar-refractivity contribution in [2.24, 2.45) is 28.7 Å². The van der Waals surface area contributed by atoms with Crippen molar-refractivity contribution in [3.63, 3.8) is 0 Å². The fourth-order valence-corrected chi connectivity index (χ4v) is 7.73. The molecule has 34 heteroatoms. The molecule has 0 aromatic carbocycles. The van der Waals surface area contributed by atoms with Gasteiger partial charge in [-0.1, -0.05) is 0 Å². The summed E-state index contributed by atoms with van der Waals surface area (Å²) in [5, 5.41) is 62.3. The Morgan fingerprint density at radius 3 is 1.18 bits per heavy atom. The number of aliphatic hydroxyl groups excluding tert-OH is 3. The summed E-state index contributed by atoms with van der Waals surface area (Å²) in [5.74, 6) is -11.2. The van der Waals surface area contributed by atoms with Crippen molar-refractivity contribution < 1.29 is 99.1 Å². The van der Waals surface area contributed by atoms with Gasteiger partial charge in [-0.2, -0.15) is 0 Å². The average Bonchev–Trinajstić information content (AvgIpc) is 3.46. The molecule has 0 bridgehead atoms. The number of carboxylic acids is 1. The van der Waals surface area contributed by atoms with Gasteiger partial charge in [-0.3, -0.25) is 80.9 Å². The Morgan fingerprint density at radius 2 is 0.819 bits per heavy atom. The largest absolute Gasteiger partial charge is 0.480 e. The number of primary amides is 1. The van der Waals surface area contributed by atoms with Crippen molar-refractivity contribution >= 4 is 77.0 Å². The molecule has 0 aromatic rings. The number of amides is 10. The van der Waals surface area contributed by atoms with E-state index in [0.717, 1.165) is 6.92 Å². The summed E-state index contributed by atoms with van der Waals surface area (Å²) in [4.78, 5) is 152. The second-order valence-electron chi connectivity index (χ2n) is 21.4. The van der Waals surface area contributed by atoms with Crippen LogP contribution in [0.3, 0.4) is 0 Å². The Labute approximate surface area is 482 Å². The number of carbonyl (C=O) groups excluding carboxylic acids is 10. The first-order valence-corrected chi connectivity index (χ1v) is 27.5. The highest BCUT2D eigenvalue weighted by Gasteiger charge is 2.37. The molecule has 34 nitrogen and oxygen atoms in total. The molecule has 0 saturated heterocycles. The minimum Gasteiger partial charge on any atom is -0.480 e. The first-order valence-electron chi connectivity index (χ1n) is 27.5. The van der Waals surface area contributed by atoms with Crippen LogP contribution in [0.1, 0.15) is 105 Å².